The molecular formula is C26H17N5O5. The van der Waals surface area contributed by atoms with Crippen LogP contribution in [0.4, 0.5) is 33.2 Å². The number of anilines is 3. The molecule has 0 bridgehead atoms. The van der Waals surface area contributed by atoms with Crippen molar-refractivity contribution in [3.8, 4) is 0 Å². The number of fused-ring (bicyclic) bond motifs is 1. The molecule has 0 saturated heterocycles. The second-order valence-electron chi connectivity index (χ2n) is 7.81. The fraction of sp³-hybridized carbons (Fsp3) is 0. The number of rotatable bonds is 5. The number of nitro groups is 2. The first-order valence-electron chi connectivity index (χ1n) is 10.8. The first kappa shape index (κ1) is 22.4. The molecule has 0 N–H and O–H groups in total. The maximum atomic E-state index is 14.0. The predicted octanol–water partition coefficient (Wildman–Crippen LogP) is 6.03. The van der Waals surface area contributed by atoms with Crippen LogP contribution in [0.3, 0.4) is 0 Å². The van der Waals surface area contributed by atoms with Gasteiger partial charge in [0, 0.05) is 35.4 Å². The van der Waals surface area contributed by atoms with Crippen LogP contribution in [0.5, 0.6) is 0 Å². The standard InChI is InChI=1S/C26H17N5O5/c32-26-28(19-10-14-21(15-11-19)30(33)34)24-9-5-4-8-23(24)25(18-6-2-1-3-7-18)27-29(26)20-12-16-22(17-13-20)31(35)36/h1-17H. The van der Waals surface area contributed by atoms with Gasteiger partial charge in [-0.2, -0.15) is 10.1 Å². The third-order valence-corrected chi connectivity index (χ3v) is 5.64. The Hall–Kier alpha value is -5.38. The summed E-state index contributed by atoms with van der Waals surface area (Å²) < 4.78 is 0. The van der Waals surface area contributed by atoms with Crippen LogP contribution in [-0.4, -0.2) is 21.6 Å². The molecule has 176 valence electrons. The summed E-state index contributed by atoms with van der Waals surface area (Å²) in [6.45, 7) is 0. The minimum Gasteiger partial charge on any atom is -0.260 e. The van der Waals surface area contributed by atoms with Crippen LogP contribution in [0.1, 0.15) is 11.1 Å². The highest BCUT2D eigenvalue weighted by molar-refractivity contribution is 6.23. The zero-order valence-corrected chi connectivity index (χ0v) is 18.6. The van der Waals surface area contributed by atoms with Gasteiger partial charge in [-0.25, -0.2) is 4.79 Å². The number of amides is 2. The van der Waals surface area contributed by atoms with E-state index in [9.17, 15) is 25.0 Å². The first-order chi connectivity index (χ1) is 17.4. The van der Waals surface area contributed by atoms with Crippen molar-refractivity contribution in [3.05, 3.63) is 134 Å². The highest BCUT2D eigenvalue weighted by Gasteiger charge is 2.32. The van der Waals surface area contributed by atoms with Gasteiger partial charge in [-0.3, -0.25) is 25.1 Å². The monoisotopic (exact) mass is 479 g/mol. The Morgan fingerprint density at radius 1 is 0.639 bits per heavy atom. The predicted molar refractivity (Wildman–Crippen MR) is 135 cm³/mol. The molecule has 0 aliphatic carbocycles. The fourth-order valence-electron chi connectivity index (χ4n) is 3.93. The van der Waals surface area contributed by atoms with Crippen LogP contribution in [0.15, 0.2) is 108 Å². The van der Waals surface area contributed by atoms with E-state index in [1.807, 2.05) is 42.5 Å². The van der Waals surface area contributed by atoms with Gasteiger partial charge in [-0.15, -0.1) is 0 Å². The summed E-state index contributed by atoms with van der Waals surface area (Å²) >= 11 is 0. The number of benzene rings is 4. The van der Waals surface area contributed by atoms with Gasteiger partial charge in [0.15, 0.2) is 0 Å². The third-order valence-electron chi connectivity index (χ3n) is 5.64. The number of hydrogen-bond donors (Lipinski definition) is 0. The molecule has 1 aliphatic rings. The quantitative estimate of drug-likeness (QED) is 0.255. The maximum absolute atomic E-state index is 14.0. The molecule has 0 spiro atoms. The van der Waals surface area contributed by atoms with Crippen molar-refractivity contribution < 1.29 is 14.6 Å². The van der Waals surface area contributed by atoms with Gasteiger partial charge in [0.25, 0.3) is 11.4 Å². The SMILES string of the molecule is O=C1N(c2ccc([N+](=O)[O-])cc2)N=C(c2ccccc2)c2ccccc2N1c1ccc([N+](=O)[O-])cc1. The van der Waals surface area contributed by atoms with E-state index >= 15 is 0 Å². The number of carbonyl (C=O) groups is 1. The fourth-order valence-corrected chi connectivity index (χ4v) is 3.93. The summed E-state index contributed by atoms with van der Waals surface area (Å²) in [5.74, 6) is 0. The molecule has 4 aromatic rings. The Morgan fingerprint density at radius 3 is 1.75 bits per heavy atom. The van der Waals surface area contributed by atoms with Crippen molar-refractivity contribution in [2.24, 2.45) is 5.10 Å². The van der Waals surface area contributed by atoms with E-state index in [1.165, 1.54) is 58.4 Å². The normalized spacial score (nSPS) is 13.0. The van der Waals surface area contributed by atoms with Crippen LogP contribution in [0, 0.1) is 20.2 Å². The molecule has 0 unspecified atom stereocenters. The number of nitro benzene ring substituents is 2. The Labute approximate surface area is 204 Å². The van der Waals surface area contributed by atoms with E-state index in [0.29, 0.717) is 28.3 Å². The second kappa shape index (κ2) is 9.11. The summed E-state index contributed by atoms with van der Waals surface area (Å²) in [5, 5.41) is 28.2. The second-order valence-corrected chi connectivity index (χ2v) is 7.81. The zero-order valence-electron chi connectivity index (χ0n) is 18.6. The summed E-state index contributed by atoms with van der Waals surface area (Å²) in [7, 11) is 0. The largest absolute Gasteiger partial charge is 0.354 e. The molecule has 5 rings (SSSR count). The minimum absolute atomic E-state index is 0.109. The Balaban J connectivity index is 1.73. The summed E-state index contributed by atoms with van der Waals surface area (Å²) in [6.07, 6.45) is 0. The molecule has 1 aliphatic heterocycles. The van der Waals surface area contributed by atoms with Gasteiger partial charge >= 0.3 is 6.03 Å². The zero-order chi connectivity index (χ0) is 25.2. The van der Waals surface area contributed by atoms with E-state index in [2.05, 4.69) is 0 Å². The van der Waals surface area contributed by atoms with Crippen LogP contribution < -0.4 is 9.91 Å². The number of para-hydroxylation sites is 1. The summed E-state index contributed by atoms with van der Waals surface area (Å²) in [4.78, 5) is 36.7. The molecule has 10 heteroatoms. The van der Waals surface area contributed by atoms with Crippen molar-refractivity contribution in [1.82, 2.24) is 0 Å². The van der Waals surface area contributed by atoms with Crippen molar-refractivity contribution >= 4 is 40.2 Å². The summed E-state index contributed by atoms with van der Waals surface area (Å²) in [5.41, 5.74) is 2.96. The lowest BCUT2D eigenvalue weighted by atomic mass is 10.00. The van der Waals surface area contributed by atoms with Gasteiger partial charge in [0.1, 0.15) is 5.71 Å². The number of nitrogens with zero attached hydrogens (tertiary/aromatic N) is 5. The first-order valence-corrected chi connectivity index (χ1v) is 10.8. The Morgan fingerprint density at radius 2 is 1.17 bits per heavy atom. The van der Waals surface area contributed by atoms with Gasteiger partial charge < -0.3 is 0 Å². The van der Waals surface area contributed by atoms with E-state index in [-0.39, 0.29) is 11.4 Å². The van der Waals surface area contributed by atoms with Crippen molar-refractivity contribution in [2.75, 3.05) is 9.91 Å². The number of carbonyl (C=O) groups excluding carboxylic acids is 1. The molecule has 0 atom stereocenters. The molecule has 4 aromatic carbocycles. The Bertz CT molecular complexity index is 1500. The van der Waals surface area contributed by atoms with Gasteiger partial charge in [-0.1, -0.05) is 48.5 Å². The van der Waals surface area contributed by atoms with E-state index in [1.54, 1.807) is 12.1 Å². The maximum Gasteiger partial charge on any atom is 0.354 e. The van der Waals surface area contributed by atoms with Crippen LogP contribution in [-0.2, 0) is 0 Å². The van der Waals surface area contributed by atoms with Gasteiger partial charge in [-0.05, 0) is 30.3 Å². The molecule has 0 radical (unpaired) electrons. The lowest BCUT2D eigenvalue weighted by Crippen LogP contribution is -2.37. The molecule has 10 nitrogen and oxygen atoms in total. The Kier molecular flexibility index (Phi) is 5.67. The molecular weight excluding hydrogens is 462 g/mol. The van der Waals surface area contributed by atoms with E-state index in [0.717, 1.165) is 5.56 Å². The van der Waals surface area contributed by atoms with Crippen LogP contribution in [0.25, 0.3) is 0 Å². The van der Waals surface area contributed by atoms with Crippen molar-refractivity contribution in [2.45, 2.75) is 0 Å². The minimum atomic E-state index is -0.559. The molecule has 2 amide bonds. The van der Waals surface area contributed by atoms with E-state index in [4.69, 9.17) is 5.10 Å². The molecule has 0 fully saturated rings. The van der Waals surface area contributed by atoms with Gasteiger partial charge in [0.05, 0.1) is 26.9 Å². The molecule has 0 aromatic heterocycles. The van der Waals surface area contributed by atoms with Crippen LogP contribution in [0.2, 0.25) is 0 Å². The smallest absolute Gasteiger partial charge is 0.260 e. The summed E-state index contributed by atoms with van der Waals surface area (Å²) in [6, 6.07) is 27.1. The lowest BCUT2D eigenvalue weighted by Gasteiger charge is -2.26. The molecule has 36 heavy (non-hydrogen) atoms. The average Bonchev–Trinajstić information content (AvgIpc) is 3.03. The molecule has 1 heterocycles. The van der Waals surface area contributed by atoms with Crippen molar-refractivity contribution in [1.29, 1.82) is 0 Å². The number of urea groups is 1. The van der Waals surface area contributed by atoms with Gasteiger partial charge in [0.2, 0.25) is 0 Å². The number of non-ortho nitro benzene ring substituents is 2. The highest BCUT2D eigenvalue weighted by atomic mass is 16.6. The average molecular weight is 479 g/mol. The highest BCUT2D eigenvalue weighted by Crippen LogP contribution is 2.36. The van der Waals surface area contributed by atoms with E-state index < -0.39 is 15.9 Å². The lowest BCUT2D eigenvalue weighted by molar-refractivity contribution is -0.385. The van der Waals surface area contributed by atoms with Crippen LogP contribution >= 0.6 is 0 Å². The van der Waals surface area contributed by atoms with Crippen molar-refractivity contribution in [3.63, 3.8) is 0 Å². The number of hydrazone groups is 1. The third kappa shape index (κ3) is 4.03. The topological polar surface area (TPSA) is 122 Å². The molecule has 0 saturated carbocycles. The number of hydrogen-bond acceptors (Lipinski definition) is 6.